The number of aromatic nitrogens is 12. The van der Waals surface area contributed by atoms with Crippen molar-refractivity contribution in [3.05, 3.63) is 10.5 Å². The van der Waals surface area contributed by atoms with Gasteiger partial charge in [-0.25, -0.2) is 9.20 Å². The molecule has 0 aliphatic rings. The van der Waals surface area contributed by atoms with E-state index in [2.05, 4.69) is 51.6 Å². The Hall–Kier alpha value is -3.51. The van der Waals surface area contributed by atoms with Crippen LogP contribution in [0.25, 0.3) is 33.4 Å². The summed E-state index contributed by atoms with van der Waals surface area (Å²) in [5, 5.41) is 36.8. The third-order valence-corrected chi connectivity index (χ3v) is 2.99. The fourth-order valence-electron chi connectivity index (χ4n) is 2.21. The normalized spacial score (nSPS) is 12.2. The average Bonchev–Trinajstić information content (AvgIpc) is 3.09. The van der Waals surface area contributed by atoms with Gasteiger partial charge in [-0.3, -0.25) is 0 Å². The number of fused-ring (bicyclic) bond motifs is 5. The van der Waals surface area contributed by atoms with Crippen LogP contribution in [0.5, 0.6) is 0 Å². The topological polar surface area (TPSA) is 155 Å². The van der Waals surface area contributed by atoms with Crippen LogP contribution in [0.3, 0.4) is 0 Å². The van der Waals surface area contributed by atoms with Crippen LogP contribution >= 0.6 is 0 Å². The van der Waals surface area contributed by atoms with E-state index in [-0.39, 0.29) is 11.3 Å². The lowest BCUT2D eigenvalue weighted by Crippen LogP contribution is -2.23. The third kappa shape index (κ3) is 0.856. The maximum absolute atomic E-state index is 12.4. The summed E-state index contributed by atoms with van der Waals surface area (Å²) in [6, 6.07) is 0. The summed E-state index contributed by atoms with van der Waals surface area (Å²) >= 11 is 0. The monoisotopic (exact) mass is 268 g/mol. The van der Waals surface area contributed by atoms with E-state index in [1.54, 1.807) is 0 Å². The van der Waals surface area contributed by atoms with Gasteiger partial charge in [0, 0.05) is 0 Å². The van der Waals surface area contributed by atoms with Gasteiger partial charge in [0.25, 0.3) is 0 Å². The lowest BCUT2D eigenvalue weighted by molar-refractivity contribution is 0.760. The van der Waals surface area contributed by atoms with Gasteiger partial charge in [0.15, 0.2) is 16.7 Å². The summed E-state index contributed by atoms with van der Waals surface area (Å²) in [7, 11) is 0. The molecule has 5 aromatic rings. The molecule has 5 rings (SSSR count). The van der Waals surface area contributed by atoms with Gasteiger partial charge in [-0.2, -0.15) is 0 Å². The first-order chi connectivity index (χ1) is 9.86. The number of hydrogen-bond acceptors (Lipinski definition) is 11. The zero-order valence-electron chi connectivity index (χ0n) is 9.27. The van der Waals surface area contributed by atoms with E-state index in [4.69, 9.17) is 0 Å². The predicted molar refractivity (Wildman–Crippen MR) is 58.8 cm³/mol. The minimum Gasteiger partial charge on any atom is -0.245 e. The maximum atomic E-state index is 12.4. The third-order valence-electron chi connectivity index (χ3n) is 2.99. The van der Waals surface area contributed by atoms with E-state index in [9.17, 15) is 4.79 Å². The molecule has 0 saturated carbocycles. The molecule has 13 nitrogen and oxygen atoms in total. The molecule has 20 heavy (non-hydrogen) atoms. The first-order valence-electron chi connectivity index (χ1n) is 5.29. The predicted octanol–water partition coefficient (Wildman–Crippen LogP) is -2.75. The Balaban J connectivity index is 2.36. The fraction of sp³-hybridized carbons (Fsp3) is 0. The Morgan fingerprint density at radius 2 is 1.45 bits per heavy atom. The van der Waals surface area contributed by atoms with Gasteiger partial charge < -0.3 is 0 Å². The summed E-state index contributed by atoms with van der Waals surface area (Å²) in [4.78, 5) is 12.4. The van der Waals surface area contributed by atoms with Crippen molar-refractivity contribution < 1.29 is 0 Å². The molecular formula is C7N12O. The largest absolute Gasteiger partial charge is 0.358 e. The SMILES string of the molecule is O=c1n2nnnc2c2nnnc3c4nnnnc4n1c32. The Kier molecular flexibility index (Phi) is 1.37. The minimum atomic E-state index is -0.519. The smallest absolute Gasteiger partial charge is 0.245 e. The Morgan fingerprint density at radius 3 is 2.40 bits per heavy atom. The molecule has 0 aliphatic carbocycles. The minimum absolute atomic E-state index is 0.186. The lowest BCUT2D eigenvalue weighted by atomic mass is 10.4. The number of nitrogens with zero attached hydrogens (tertiary/aromatic N) is 12. The van der Waals surface area contributed by atoms with E-state index < -0.39 is 5.69 Å². The zero-order valence-corrected chi connectivity index (χ0v) is 9.27. The summed E-state index contributed by atoms with van der Waals surface area (Å²) in [5.41, 5.74) is 1.22. The number of hydrogen-bond donors (Lipinski definition) is 0. The molecule has 0 radical (unpaired) electrons. The summed E-state index contributed by atoms with van der Waals surface area (Å²) in [6.45, 7) is 0. The van der Waals surface area contributed by atoms with Crippen molar-refractivity contribution in [1.29, 1.82) is 0 Å². The quantitative estimate of drug-likeness (QED) is 0.286. The van der Waals surface area contributed by atoms with Crippen LogP contribution in [0.2, 0.25) is 0 Å². The molecule has 0 aliphatic heterocycles. The van der Waals surface area contributed by atoms with Gasteiger partial charge >= 0.3 is 5.69 Å². The molecule has 0 saturated heterocycles. The molecule has 0 bridgehead atoms. The van der Waals surface area contributed by atoms with E-state index in [1.165, 1.54) is 4.40 Å². The van der Waals surface area contributed by atoms with Crippen molar-refractivity contribution >= 4 is 33.4 Å². The molecule has 5 aromatic heterocycles. The second-order valence-electron chi connectivity index (χ2n) is 3.92. The van der Waals surface area contributed by atoms with E-state index in [0.717, 1.165) is 4.52 Å². The van der Waals surface area contributed by atoms with Gasteiger partial charge in [-0.05, 0) is 26.1 Å². The highest BCUT2D eigenvalue weighted by atomic mass is 16.2. The van der Waals surface area contributed by atoms with Crippen molar-refractivity contribution in [3.63, 3.8) is 0 Å². The second-order valence-corrected chi connectivity index (χ2v) is 3.92. The van der Waals surface area contributed by atoms with Crippen molar-refractivity contribution in [1.82, 2.24) is 60.5 Å². The fourth-order valence-corrected chi connectivity index (χ4v) is 2.21. The van der Waals surface area contributed by atoms with Crippen LogP contribution in [-0.2, 0) is 0 Å². The standard InChI is InChI=1S/C7N12O/c20-7-18-4-1(2-5(18)11-15-14-9-2)8-13-10-3(4)6-12-16-17-19(6)7. The Bertz CT molecular complexity index is 1170. The van der Waals surface area contributed by atoms with E-state index in [0.29, 0.717) is 22.1 Å². The van der Waals surface area contributed by atoms with Gasteiger partial charge in [0.05, 0.1) is 0 Å². The maximum Gasteiger partial charge on any atom is 0.358 e. The van der Waals surface area contributed by atoms with Gasteiger partial charge in [0.2, 0.25) is 5.65 Å². The first kappa shape index (κ1) is 9.42. The zero-order chi connectivity index (χ0) is 13.3. The molecule has 0 N–H and O–H groups in total. The summed E-state index contributed by atoms with van der Waals surface area (Å²) in [6.07, 6.45) is 0. The van der Waals surface area contributed by atoms with Crippen LogP contribution in [0, 0.1) is 0 Å². The van der Waals surface area contributed by atoms with Crippen molar-refractivity contribution in [2.45, 2.75) is 0 Å². The molecule has 13 heteroatoms. The van der Waals surface area contributed by atoms with Crippen LogP contribution in [0.1, 0.15) is 0 Å². The molecule has 0 spiro atoms. The molecular weight excluding hydrogens is 268 g/mol. The molecule has 5 heterocycles. The van der Waals surface area contributed by atoms with Crippen LogP contribution in [0.15, 0.2) is 4.79 Å². The number of rotatable bonds is 0. The van der Waals surface area contributed by atoms with Crippen molar-refractivity contribution in [2.75, 3.05) is 0 Å². The molecule has 0 aromatic carbocycles. The van der Waals surface area contributed by atoms with Crippen molar-refractivity contribution in [2.24, 2.45) is 0 Å². The molecule has 0 fully saturated rings. The highest BCUT2D eigenvalue weighted by molar-refractivity contribution is 6.09. The van der Waals surface area contributed by atoms with Crippen molar-refractivity contribution in [3.8, 4) is 0 Å². The first-order valence-corrected chi connectivity index (χ1v) is 5.29. The molecule has 94 valence electrons. The molecule has 0 amide bonds. The Morgan fingerprint density at radius 1 is 0.700 bits per heavy atom. The average molecular weight is 268 g/mol. The van der Waals surface area contributed by atoms with Gasteiger partial charge in [-0.15, -0.1) is 30.0 Å². The summed E-state index contributed by atoms with van der Waals surface area (Å²) < 4.78 is 2.24. The van der Waals surface area contributed by atoms with Gasteiger partial charge in [0.1, 0.15) is 11.0 Å². The molecule has 0 atom stereocenters. The van der Waals surface area contributed by atoms with E-state index in [1.807, 2.05) is 0 Å². The van der Waals surface area contributed by atoms with Crippen LogP contribution in [-0.4, -0.2) is 60.5 Å². The highest BCUT2D eigenvalue weighted by Crippen LogP contribution is 2.24. The number of tetrazole rings is 1. The van der Waals surface area contributed by atoms with Crippen LogP contribution in [0.4, 0.5) is 0 Å². The highest BCUT2D eigenvalue weighted by Gasteiger charge is 2.23. The lowest BCUT2D eigenvalue weighted by Gasteiger charge is -1.97. The summed E-state index contributed by atoms with van der Waals surface area (Å²) in [5.74, 6) is 0. The van der Waals surface area contributed by atoms with Gasteiger partial charge in [-0.1, -0.05) is 0 Å². The van der Waals surface area contributed by atoms with Crippen LogP contribution < -0.4 is 5.69 Å². The van der Waals surface area contributed by atoms with E-state index >= 15 is 0 Å². The Labute approximate surface area is 105 Å². The second kappa shape index (κ2) is 2.90. The molecule has 0 unspecified atom stereocenters.